The fraction of sp³-hybridized carbons (Fsp3) is 0.333. The van der Waals surface area contributed by atoms with Crippen molar-refractivity contribution in [2.45, 2.75) is 78.4 Å². The van der Waals surface area contributed by atoms with Gasteiger partial charge in [-0.1, -0.05) is 70.0 Å². The van der Waals surface area contributed by atoms with Crippen LogP contribution in [0.1, 0.15) is 75.0 Å². The summed E-state index contributed by atoms with van der Waals surface area (Å²) in [5.74, 6) is 3.05. The van der Waals surface area contributed by atoms with E-state index in [0.717, 1.165) is 50.3 Å². The molecule has 1 unspecified atom stereocenters. The summed E-state index contributed by atoms with van der Waals surface area (Å²) in [5.41, 5.74) is 10.2. The van der Waals surface area contributed by atoms with E-state index < -0.39 is 0 Å². The molecule has 0 amide bonds. The number of benzene rings is 3. The molecule has 1 aliphatic rings. The van der Waals surface area contributed by atoms with Crippen molar-refractivity contribution in [1.29, 1.82) is 0 Å². The fourth-order valence-corrected chi connectivity index (χ4v) is 8.41. The van der Waals surface area contributed by atoms with Gasteiger partial charge in [-0.2, -0.15) is 28.5 Å². The Kier molecular flexibility index (Phi) is 9.78. The number of para-hydroxylation sites is 1. The molecule has 0 aliphatic heterocycles. The fourth-order valence-electron chi connectivity index (χ4n) is 7.56. The van der Waals surface area contributed by atoms with E-state index in [0.29, 0.717) is 28.6 Å². The van der Waals surface area contributed by atoms with Gasteiger partial charge in [0.2, 0.25) is 0 Å². The maximum atomic E-state index is 6.55. The molecule has 7 heteroatoms. The van der Waals surface area contributed by atoms with Gasteiger partial charge in [0.25, 0.3) is 0 Å². The van der Waals surface area contributed by atoms with E-state index in [1.54, 1.807) is 0 Å². The first-order valence-corrected chi connectivity index (χ1v) is 18.1. The minimum atomic E-state index is 0. The zero-order valence-corrected chi connectivity index (χ0v) is 32.9. The SMILES string of the molecule is CS[C@H]1C=C(C)C(c2c(C)nn(-c3[c-]c(Oc4[c-]c5c(cc4)c4ccccc4n5-c4cc(C(C)(C)C)ccn4)cc(C)c3)c2C)[C@@H](C)C1.[Pt+2]. The Labute approximate surface area is 309 Å². The Morgan fingerprint density at radius 3 is 2.43 bits per heavy atom. The molecular formula is C42H44N4OPtS. The molecule has 6 aromatic rings. The number of hydrogen-bond acceptors (Lipinski definition) is 4. The molecule has 3 aromatic heterocycles. The summed E-state index contributed by atoms with van der Waals surface area (Å²) < 4.78 is 10.8. The molecule has 0 saturated heterocycles. The zero-order valence-electron chi connectivity index (χ0n) is 29.8. The molecule has 1 aliphatic carbocycles. The Hall–Kier alpha value is -3.60. The third-order valence-corrected chi connectivity index (χ3v) is 10.8. The van der Waals surface area contributed by atoms with Crippen LogP contribution in [0.5, 0.6) is 11.5 Å². The Bertz CT molecular complexity index is 2200. The van der Waals surface area contributed by atoms with Gasteiger partial charge < -0.3 is 9.30 Å². The number of thioether (sulfide) groups is 1. The first kappa shape index (κ1) is 35.2. The van der Waals surface area contributed by atoms with Gasteiger partial charge in [-0.3, -0.25) is 4.68 Å². The molecule has 5 nitrogen and oxygen atoms in total. The second-order valence-corrected chi connectivity index (χ2v) is 15.5. The third kappa shape index (κ3) is 6.55. The van der Waals surface area contributed by atoms with Gasteiger partial charge in [0, 0.05) is 45.6 Å². The van der Waals surface area contributed by atoms with E-state index in [1.165, 1.54) is 23.1 Å². The first-order chi connectivity index (χ1) is 22.9. The number of aryl methyl sites for hydroxylation is 2. The second kappa shape index (κ2) is 13.6. The van der Waals surface area contributed by atoms with Crippen LogP contribution in [0.3, 0.4) is 0 Å². The number of allylic oxidation sites excluding steroid dienone is 1. The van der Waals surface area contributed by atoms with Gasteiger partial charge in [-0.25, -0.2) is 4.98 Å². The average Bonchev–Trinajstić information content (AvgIpc) is 3.53. The standard InChI is InChI=1S/C42H44N4OS.Pt/c1-25-18-31(46-29(5)41(28(4)44-46)40-26(2)20-34(48-9)21-27(40)3)23-33(19-25)47-32-14-15-36-35-12-10-11-13-37(35)45(38(36)24-32)39-22-30(16-17-43-39)42(6,7)8;/h10-20,22,27,34,40H,21H2,1-9H3;/q-2;+2/t27-,34-,40?;/m0./s1. The molecule has 3 aromatic carbocycles. The number of rotatable bonds is 6. The van der Waals surface area contributed by atoms with Gasteiger partial charge in [0.1, 0.15) is 5.82 Å². The van der Waals surface area contributed by atoms with E-state index in [2.05, 4.69) is 133 Å². The van der Waals surface area contributed by atoms with Crippen LogP contribution in [0.4, 0.5) is 0 Å². The van der Waals surface area contributed by atoms with Crippen LogP contribution in [-0.4, -0.2) is 30.8 Å². The van der Waals surface area contributed by atoms with Gasteiger partial charge in [-0.15, -0.1) is 35.7 Å². The van der Waals surface area contributed by atoms with Crippen LogP contribution in [-0.2, 0) is 26.5 Å². The summed E-state index contributed by atoms with van der Waals surface area (Å²) in [4.78, 5) is 4.82. The number of ether oxygens (including phenoxy) is 1. The number of fused-ring (bicyclic) bond motifs is 3. The molecule has 0 spiro atoms. The summed E-state index contributed by atoms with van der Waals surface area (Å²) in [5, 5.41) is 7.91. The largest absolute Gasteiger partial charge is 2.00 e. The van der Waals surface area contributed by atoms with E-state index in [-0.39, 0.29) is 26.5 Å². The summed E-state index contributed by atoms with van der Waals surface area (Å²) in [6.45, 7) is 17.8. The Morgan fingerprint density at radius 2 is 1.69 bits per heavy atom. The molecule has 0 saturated carbocycles. The van der Waals surface area contributed by atoms with Crippen molar-refractivity contribution >= 4 is 33.6 Å². The Balaban J connectivity index is 0.00000417. The zero-order chi connectivity index (χ0) is 33.9. The molecule has 0 N–H and O–H groups in total. The van der Waals surface area contributed by atoms with Crippen molar-refractivity contribution in [3.05, 3.63) is 119 Å². The van der Waals surface area contributed by atoms with E-state index in [9.17, 15) is 0 Å². The molecule has 0 bridgehead atoms. The Morgan fingerprint density at radius 1 is 0.918 bits per heavy atom. The van der Waals surface area contributed by atoms with Crippen molar-refractivity contribution in [1.82, 2.24) is 19.3 Å². The monoisotopic (exact) mass is 847 g/mol. The molecule has 0 fully saturated rings. The number of hydrogen-bond donors (Lipinski definition) is 0. The van der Waals surface area contributed by atoms with Crippen LogP contribution in [0.15, 0.2) is 78.5 Å². The van der Waals surface area contributed by atoms with Crippen molar-refractivity contribution in [2.75, 3.05) is 6.26 Å². The molecule has 49 heavy (non-hydrogen) atoms. The smallest absolute Gasteiger partial charge is 0.509 e. The maximum absolute atomic E-state index is 6.55. The minimum Gasteiger partial charge on any atom is -0.509 e. The van der Waals surface area contributed by atoms with Crippen molar-refractivity contribution in [3.63, 3.8) is 0 Å². The van der Waals surface area contributed by atoms with E-state index in [4.69, 9.17) is 14.8 Å². The number of pyridine rings is 1. The van der Waals surface area contributed by atoms with E-state index in [1.807, 2.05) is 34.8 Å². The van der Waals surface area contributed by atoms with Crippen LogP contribution in [0.25, 0.3) is 33.3 Å². The molecule has 3 atom stereocenters. The quantitative estimate of drug-likeness (QED) is 0.124. The third-order valence-electron chi connectivity index (χ3n) is 9.89. The average molecular weight is 848 g/mol. The summed E-state index contributed by atoms with van der Waals surface area (Å²) >= 11 is 1.94. The van der Waals surface area contributed by atoms with Crippen molar-refractivity contribution in [3.8, 4) is 23.0 Å². The molecule has 254 valence electrons. The predicted octanol–water partition coefficient (Wildman–Crippen LogP) is 10.8. The number of nitrogens with zero attached hydrogens (tertiary/aromatic N) is 4. The summed E-state index contributed by atoms with van der Waals surface area (Å²) in [7, 11) is 0. The topological polar surface area (TPSA) is 44.9 Å². The molecule has 7 rings (SSSR count). The molecule has 0 radical (unpaired) electrons. The van der Waals surface area contributed by atoms with Crippen molar-refractivity contribution in [2.24, 2.45) is 5.92 Å². The first-order valence-electron chi connectivity index (χ1n) is 16.8. The molecule has 3 heterocycles. The van der Waals surface area contributed by atoms with Crippen LogP contribution < -0.4 is 4.74 Å². The van der Waals surface area contributed by atoms with Gasteiger partial charge in [0.05, 0.1) is 5.69 Å². The normalized spacial score (nSPS) is 18.1. The van der Waals surface area contributed by atoms with Gasteiger partial charge >= 0.3 is 21.1 Å². The van der Waals surface area contributed by atoms with E-state index >= 15 is 0 Å². The van der Waals surface area contributed by atoms with Crippen LogP contribution >= 0.6 is 11.8 Å². The predicted molar refractivity (Wildman–Crippen MR) is 200 cm³/mol. The maximum Gasteiger partial charge on any atom is 2.00 e. The summed E-state index contributed by atoms with van der Waals surface area (Å²) in [6, 6.07) is 28.2. The minimum absolute atomic E-state index is 0. The van der Waals surface area contributed by atoms with Crippen LogP contribution in [0, 0.1) is 38.8 Å². The molecular weight excluding hydrogens is 804 g/mol. The van der Waals surface area contributed by atoms with Gasteiger partial charge in [0.15, 0.2) is 0 Å². The van der Waals surface area contributed by atoms with Gasteiger partial charge in [-0.05, 0) is 79.6 Å². The van der Waals surface area contributed by atoms with Crippen molar-refractivity contribution < 1.29 is 25.8 Å². The van der Waals surface area contributed by atoms with Crippen LogP contribution in [0.2, 0.25) is 0 Å². The second-order valence-electron chi connectivity index (χ2n) is 14.5. The summed E-state index contributed by atoms with van der Waals surface area (Å²) in [6.07, 6.45) is 7.75. The number of aromatic nitrogens is 4.